The lowest BCUT2D eigenvalue weighted by molar-refractivity contribution is 0.507. The van der Waals surface area contributed by atoms with E-state index in [0.29, 0.717) is 5.25 Å². The molecule has 0 aromatic rings. The van der Waals surface area contributed by atoms with Gasteiger partial charge in [0.2, 0.25) is 0 Å². The Morgan fingerprint density at radius 1 is 1.44 bits per heavy atom. The molecule has 9 heavy (non-hydrogen) atoms. The quantitative estimate of drug-likeness (QED) is 0.537. The van der Waals surface area contributed by atoms with Crippen molar-refractivity contribution in [3.63, 3.8) is 0 Å². The first-order chi connectivity index (χ1) is 4.24. The fraction of sp³-hybridized carbons (Fsp3) is 1.00. The minimum Gasteiger partial charge on any atom is -0.176 e. The first kappa shape index (κ1) is 7.46. The molecule has 0 bridgehead atoms. The molecule has 1 saturated carbocycles. The van der Waals surface area contributed by atoms with Crippen LogP contribution in [0.15, 0.2) is 0 Å². The van der Waals surface area contributed by atoms with Crippen LogP contribution in [0, 0.1) is 11.8 Å². The first-order valence-electron chi connectivity index (χ1n) is 3.92. The molecule has 0 radical (unpaired) electrons. The number of thiol groups is 1. The van der Waals surface area contributed by atoms with Gasteiger partial charge in [0.25, 0.3) is 0 Å². The molecule has 1 aliphatic carbocycles. The van der Waals surface area contributed by atoms with Crippen LogP contribution in [0.1, 0.15) is 33.1 Å². The fourth-order valence-corrected chi connectivity index (χ4v) is 2.51. The van der Waals surface area contributed by atoms with Crippen molar-refractivity contribution in [3.8, 4) is 0 Å². The van der Waals surface area contributed by atoms with Gasteiger partial charge in [-0.1, -0.05) is 20.3 Å². The zero-order valence-electron chi connectivity index (χ0n) is 6.30. The van der Waals surface area contributed by atoms with Crippen LogP contribution < -0.4 is 0 Å². The van der Waals surface area contributed by atoms with Crippen molar-refractivity contribution in [2.75, 3.05) is 0 Å². The zero-order valence-corrected chi connectivity index (χ0v) is 7.20. The van der Waals surface area contributed by atoms with E-state index in [2.05, 4.69) is 26.5 Å². The molecule has 0 aromatic heterocycles. The molecule has 0 saturated heterocycles. The molecule has 0 amide bonds. The Bertz CT molecular complexity index is 90.6. The van der Waals surface area contributed by atoms with Crippen LogP contribution in [0.2, 0.25) is 0 Å². The molecule has 1 aliphatic rings. The topological polar surface area (TPSA) is 0 Å². The summed E-state index contributed by atoms with van der Waals surface area (Å²) in [5.74, 6) is 1.83. The zero-order chi connectivity index (χ0) is 6.85. The van der Waals surface area contributed by atoms with Crippen LogP contribution in [-0.4, -0.2) is 5.25 Å². The molecule has 0 nitrogen and oxygen atoms in total. The maximum Gasteiger partial charge on any atom is 0.00476 e. The smallest absolute Gasteiger partial charge is 0.00476 e. The molecule has 0 spiro atoms. The number of hydrogen-bond donors (Lipinski definition) is 1. The summed E-state index contributed by atoms with van der Waals surface area (Å²) in [6.45, 7) is 4.60. The van der Waals surface area contributed by atoms with Crippen LogP contribution in [0.3, 0.4) is 0 Å². The second kappa shape index (κ2) is 2.96. The lowest BCUT2D eigenvalue weighted by Gasteiger charge is -2.09. The van der Waals surface area contributed by atoms with E-state index >= 15 is 0 Å². The third-order valence-corrected chi connectivity index (χ3v) is 3.05. The van der Waals surface area contributed by atoms with Crippen LogP contribution in [-0.2, 0) is 0 Å². The van der Waals surface area contributed by atoms with Crippen molar-refractivity contribution in [1.82, 2.24) is 0 Å². The molecule has 3 unspecified atom stereocenters. The maximum atomic E-state index is 4.53. The Morgan fingerprint density at radius 3 is 2.33 bits per heavy atom. The summed E-state index contributed by atoms with van der Waals surface area (Å²) in [6, 6.07) is 0. The lowest BCUT2D eigenvalue weighted by Crippen LogP contribution is -2.04. The predicted octanol–water partition coefficient (Wildman–Crippen LogP) is 2.74. The highest BCUT2D eigenvalue weighted by atomic mass is 32.1. The van der Waals surface area contributed by atoms with Gasteiger partial charge in [-0.3, -0.25) is 0 Å². The van der Waals surface area contributed by atoms with Crippen molar-refractivity contribution >= 4 is 12.6 Å². The largest absolute Gasteiger partial charge is 0.176 e. The number of rotatable bonds is 1. The lowest BCUT2D eigenvalue weighted by atomic mass is 10.0. The third-order valence-electron chi connectivity index (χ3n) is 2.42. The van der Waals surface area contributed by atoms with E-state index < -0.39 is 0 Å². The van der Waals surface area contributed by atoms with E-state index in [9.17, 15) is 0 Å². The van der Waals surface area contributed by atoms with Gasteiger partial charge in [-0.15, -0.1) is 0 Å². The van der Waals surface area contributed by atoms with Gasteiger partial charge in [0.05, 0.1) is 0 Å². The Hall–Kier alpha value is 0.350. The first-order valence-corrected chi connectivity index (χ1v) is 4.43. The van der Waals surface area contributed by atoms with Crippen LogP contribution in [0.5, 0.6) is 0 Å². The van der Waals surface area contributed by atoms with Crippen molar-refractivity contribution in [2.24, 2.45) is 11.8 Å². The Kier molecular flexibility index (Phi) is 2.45. The molecule has 0 aliphatic heterocycles. The van der Waals surface area contributed by atoms with Gasteiger partial charge in [0, 0.05) is 5.25 Å². The summed E-state index contributed by atoms with van der Waals surface area (Å²) in [6.07, 6.45) is 4.06. The summed E-state index contributed by atoms with van der Waals surface area (Å²) in [7, 11) is 0. The maximum absolute atomic E-state index is 4.53. The number of hydrogen-bond acceptors (Lipinski definition) is 1. The molecular formula is C8H16S. The van der Waals surface area contributed by atoms with Crippen LogP contribution in [0.4, 0.5) is 0 Å². The van der Waals surface area contributed by atoms with E-state index in [4.69, 9.17) is 0 Å². The molecule has 54 valence electrons. The van der Waals surface area contributed by atoms with Crippen molar-refractivity contribution in [1.29, 1.82) is 0 Å². The summed E-state index contributed by atoms with van der Waals surface area (Å²) in [5.41, 5.74) is 0. The van der Waals surface area contributed by atoms with Gasteiger partial charge < -0.3 is 0 Å². The van der Waals surface area contributed by atoms with E-state index in [1.807, 2.05) is 0 Å². The summed E-state index contributed by atoms with van der Waals surface area (Å²) in [4.78, 5) is 0. The minimum absolute atomic E-state index is 0.699. The Labute approximate surface area is 63.4 Å². The average molecular weight is 144 g/mol. The van der Waals surface area contributed by atoms with Crippen molar-refractivity contribution in [3.05, 3.63) is 0 Å². The van der Waals surface area contributed by atoms with E-state index in [1.54, 1.807) is 0 Å². The normalized spacial score (nSPS) is 43.7. The summed E-state index contributed by atoms with van der Waals surface area (Å²) < 4.78 is 0. The standard InChI is InChI=1S/C8H16S/c1-3-7-4-6(2)5-8(7)9/h6-9H,3-5H2,1-2H3. The molecule has 1 rings (SSSR count). The molecule has 0 aromatic carbocycles. The van der Waals surface area contributed by atoms with Gasteiger partial charge in [-0.2, -0.15) is 12.6 Å². The molecule has 1 fully saturated rings. The summed E-state index contributed by atoms with van der Waals surface area (Å²) >= 11 is 4.53. The average Bonchev–Trinajstić information content (AvgIpc) is 2.10. The second-order valence-corrected chi connectivity index (χ2v) is 3.98. The van der Waals surface area contributed by atoms with E-state index in [1.165, 1.54) is 19.3 Å². The van der Waals surface area contributed by atoms with Crippen LogP contribution in [0.25, 0.3) is 0 Å². The highest BCUT2D eigenvalue weighted by molar-refractivity contribution is 7.81. The van der Waals surface area contributed by atoms with Gasteiger partial charge in [-0.05, 0) is 24.7 Å². The SMILES string of the molecule is CCC1CC(C)CC1S. The Morgan fingerprint density at radius 2 is 2.11 bits per heavy atom. The van der Waals surface area contributed by atoms with Crippen molar-refractivity contribution < 1.29 is 0 Å². The summed E-state index contributed by atoms with van der Waals surface area (Å²) in [5, 5.41) is 0.699. The Balaban J connectivity index is 2.38. The molecule has 0 N–H and O–H groups in total. The monoisotopic (exact) mass is 144 g/mol. The van der Waals surface area contributed by atoms with Gasteiger partial charge >= 0.3 is 0 Å². The molecule has 1 heteroatoms. The third kappa shape index (κ3) is 1.64. The predicted molar refractivity (Wildman–Crippen MR) is 45.0 cm³/mol. The highest BCUT2D eigenvalue weighted by Gasteiger charge is 2.27. The van der Waals surface area contributed by atoms with E-state index in [-0.39, 0.29) is 0 Å². The molecule has 3 atom stereocenters. The highest BCUT2D eigenvalue weighted by Crippen LogP contribution is 2.35. The van der Waals surface area contributed by atoms with E-state index in [0.717, 1.165) is 11.8 Å². The van der Waals surface area contributed by atoms with Gasteiger partial charge in [0.1, 0.15) is 0 Å². The van der Waals surface area contributed by atoms with Crippen molar-refractivity contribution in [2.45, 2.75) is 38.4 Å². The van der Waals surface area contributed by atoms with Crippen LogP contribution >= 0.6 is 12.6 Å². The van der Waals surface area contributed by atoms with Gasteiger partial charge in [-0.25, -0.2) is 0 Å². The fourth-order valence-electron chi connectivity index (χ4n) is 1.81. The molecule has 0 heterocycles. The molecular weight excluding hydrogens is 128 g/mol. The van der Waals surface area contributed by atoms with Gasteiger partial charge in [0.15, 0.2) is 0 Å². The second-order valence-electron chi connectivity index (χ2n) is 3.31. The minimum atomic E-state index is 0.699.